The summed E-state index contributed by atoms with van der Waals surface area (Å²) in [5.74, 6) is -1.14. The number of hydrogen-bond acceptors (Lipinski definition) is 4. The number of thiophene rings is 1. The molecule has 110 valence electrons. The van der Waals surface area contributed by atoms with Gasteiger partial charge in [-0.05, 0) is 54.0 Å². The molecule has 0 aliphatic heterocycles. The SMILES string of the molecule is O=C(O)c1sccc1NS(=O)(=O)c1ccc2c(c1)CCC2. The Morgan fingerprint density at radius 2 is 1.95 bits per heavy atom. The van der Waals surface area contributed by atoms with Gasteiger partial charge in [0, 0.05) is 0 Å². The van der Waals surface area contributed by atoms with Gasteiger partial charge in [0.1, 0.15) is 4.88 Å². The molecule has 1 aromatic heterocycles. The van der Waals surface area contributed by atoms with Gasteiger partial charge in [-0.15, -0.1) is 11.3 Å². The van der Waals surface area contributed by atoms with Gasteiger partial charge in [-0.2, -0.15) is 0 Å². The zero-order valence-electron chi connectivity index (χ0n) is 11.0. The van der Waals surface area contributed by atoms with Gasteiger partial charge in [0.2, 0.25) is 0 Å². The van der Waals surface area contributed by atoms with E-state index in [4.69, 9.17) is 5.11 Å². The van der Waals surface area contributed by atoms with Crippen molar-refractivity contribution in [3.05, 3.63) is 45.6 Å². The van der Waals surface area contributed by atoms with Gasteiger partial charge in [-0.1, -0.05) is 6.07 Å². The molecule has 0 atom stereocenters. The van der Waals surface area contributed by atoms with Crippen LogP contribution in [0.2, 0.25) is 0 Å². The molecule has 2 N–H and O–H groups in total. The van der Waals surface area contributed by atoms with Gasteiger partial charge in [-0.3, -0.25) is 4.72 Å². The van der Waals surface area contributed by atoms with Crippen LogP contribution in [-0.2, 0) is 22.9 Å². The average Bonchev–Trinajstić information content (AvgIpc) is 3.05. The lowest BCUT2D eigenvalue weighted by Gasteiger charge is -2.09. The Labute approximate surface area is 126 Å². The average molecular weight is 323 g/mol. The number of fused-ring (bicyclic) bond motifs is 1. The van der Waals surface area contributed by atoms with Crippen LogP contribution in [0.1, 0.15) is 27.2 Å². The number of rotatable bonds is 4. The Kier molecular flexibility index (Phi) is 3.46. The summed E-state index contributed by atoms with van der Waals surface area (Å²) < 4.78 is 27.1. The van der Waals surface area contributed by atoms with Crippen LogP contribution in [0.5, 0.6) is 0 Å². The molecular formula is C14H13NO4S2. The van der Waals surface area contributed by atoms with Gasteiger partial charge < -0.3 is 5.11 Å². The highest BCUT2D eigenvalue weighted by Gasteiger charge is 2.21. The number of sulfonamides is 1. The van der Waals surface area contributed by atoms with E-state index in [0.717, 1.165) is 36.2 Å². The number of carboxylic acids is 1. The molecule has 0 fully saturated rings. The molecule has 5 nitrogen and oxygen atoms in total. The summed E-state index contributed by atoms with van der Waals surface area (Å²) in [6.07, 6.45) is 2.91. The van der Waals surface area contributed by atoms with Gasteiger partial charge in [0.15, 0.2) is 0 Å². The highest BCUT2D eigenvalue weighted by Crippen LogP contribution is 2.28. The third-order valence-corrected chi connectivity index (χ3v) is 5.75. The number of aromatic carboxylic acids is 1. The number of carboxylic acid groups (broad SMARTS) is 1. The second-order valence-electron chi connectivity index (χ2n) is 4.86. The molecule has 21 heavy (non-hydrogen) atoms. The number of carbonyl (C=O) groups is 1. The summed E-state index contributed by atoms with van der Waals surface area (Å²) in [7, 11) is -3.77. The first-order valence-electron chi connectivity index (χ1n) is 6.43. The Morgan fingerprint density at radius 1 is 1.19 bits per heavy atom. The maximum Gasteiger partial charge on any atom is 0.348 e. The van der Waals surface area contributed by atoms with E-state index in [9.17, 15) is 13.2 Å². The van der Waals surface area contributed by atoms with E-state index in [2.05, 4.69) is 4.72 Å². The summed E-state index contributed by atoms with van der Waals surface area (Å²) >= 11 is 0.987. The molecule has 1 aliphatic rings. The molecule has 0 radical (unpaired) electrons. The van der Waals surface area contributed by atoms with Crippen molar-refractivity contribution in [3.8, 4) is 0 Å². The van der Waals surface area contributed by atoms with E-state index >= 15 is 0 Å². The first-order chi connectivity index (χ1) is 9.97. The van der Waals surface area contributed by atoms with E-state index in [0.29, 0.717) is 0 Å². The molecule has 0 amide bonds. The zero-order chi connectivity index (χ0) is 15.0. The third kappa shape index (κ3) is 2.66. The molecule has 0 bridgehead atoms. The molecule has 0 spiro atoms. The monoisotopic (exact) mass is 323 g/mol. The second-order valence-corrected chi connectivity index (χ2v) is 7.46. The van der Waals surface area contributed by atoms with Crippen molar-refractivity contribution in [3.63, 3.8) is 0 Å². The van der Waals surface area contributed by atoms with Gasteiger partial charge >= 0.3 is 5.97 Å². The normalized spacial score (nSPS) is 13.9. The molecule has 1 aliphatic carbocycles. The minimum absolute atomic E-state index is 0.0141. The molecule has 3 rings (SSSR count). The van der Waals surface area contributed by atoms with E-state index in [-0.39, 0.29) is 15.5 Å². The minimum atomic E-state index is -3.77. The summed E-state index contributed by atoms with van der Waals surface area (Å²) in [4.78, 5) is 11.2. The van der Waals surface area contributed by atoms with Gasteiger partial charge in [0.05, 0.1) is 10.6 Å². The van der Waals surface area contributed by atoms with Crippen LogP contribution in [0.3, 0.4) is 0 Å². The standard InChI is InChI=1S/C14H13NO4S2/c16-14(17)13-12(6-7-20-13)15-21(18,19)11-5-4-9-2-1-3-10(9)8-11/h4-8,15H,1-3H2,(H,16,17). The van der Waals surface area contributed by atoms with Crippen LogP contribution < -0.4 is 4.72 Å². The Balaban J connectivity index is 1.94. The van der Waals surface area contributed by atoms with Crippen molar-refractivity contribution in [2.24, 2.45) is 0 Å². The fourth-order valence-corrected chi connectivity index (χ4v) is 4.35. The van der Waals surface area contributed by atoms with Crippen LogP contribution in [-0.4, -0.2) is 19.5 Å². The topological polar surface area (TPSA) is 83.5 Å². The van der Waals surface area contributed by atoms with Crippen molar-refractivity contribution < 1.29 is 18.3 Å². The Hall–Kier alpha value is -1.86. The number of hydrogen-bond donors (Lipinski definition) is 2. The van der Waals surface area contributed by atoms with Crippen LogP contribution in [0, 0.1) is 0 Å². The van der Waals surface area contributed by atoms with Crippen molar-refractivity contribution >= 4 is 33.0 Å². The fourth-order valence-electron chi connectivity index (χ4n) is 2.47. The maximum atomic E-state index is 12.4. The van der Waals surface area contributed by atoms with Crippen LogP contribution in [0.15, 0.2) is 34.5 Å². The summed E-state index contributed by atoms with van der Waals surface area (Å²) in [5.41, 5.74) is 2.35. The van der Waals surface area contributed by atoms with Crippen molar-refractivity contribution in [1.82, 2.24) is 0 Å². The van der Waals surface area contributed by atoms with E-state index in [1.165, 1.54) is 11.6 Å². The zero-order valence-corrected chi connectivity index (χ0v) is 12.6. The quantitative estimate of drug-likeness (QED) is 0.906. The molecule has 0 unspecified atom stereocenters. The molecule has 0 saturated heterocycles. The lowest BCUT2D eigenvalue weighted by Crippen LogP contribution is -2.14. The molecule has 1 aromatic carbocycles. The van der Waals surface area contributed by atoms with Gasteiger partial charge in [-0.25, -0.2) is 13.2 Å². The molecule has 2 aromatic rings. The smallest absolute Gasteiger partial charge is 0.348 e. The van der Waals surface area contributed by atoms with Crippen LogP contribution in [0.4, 0.5) is 5.69 Å². The number of anilines is 1. The largest absolute Gasteiger partial charge is 0.477 e. The lowest BCUT2D eigenvalue weighted by atomic mass is 10.1. The highest BCUT2D eigenvalue weighted by molar-refractivity contribution is 7.92. The maximum absolute atomic E-state index is 12.4. The molecular weight excluding hydrogens is 310 g/mol. The van der Waals surface area contributed by atoms with Crippen LogP contribution >= 0.6 is 11.3 Å². The van der Waals surface area contributed by atoms with E-state index in [1.807, 2.05) is 6.07 Å². The predicted octanol–water partition coefficient (Wildman–Crippen LogP) is 2.74. The number of benzene rings is 1. The molecule has 7 heteroatoms. The number of nitrogens with one attached hydrogen (secondary N) is 1. The lowest BCUT2D eigenvalue weighted by molar-refractivity contribution is 0.0703. The predicted molar refractivity (Wildman–Crippen MR) is 80.6 cm³/mol. The first kappa shape index (κ1) is 14.1. The van der Waals surface area contributed by atoms with Gasteiger partial charge in [0.25, 0.3) is 10.0 Å². The summed E-state index contributed by atoms with van der Waals surface area (Å²) in [6, 6.07) is 6.54. The second kappa shape index (κ2) is 5.16. The minimum Gasteiger partial charge on any atom is -0.477 e. The number of aryl methyl sites for hydroxylation is 2. The summed E-state index contributed by atoms with van der Waals surface area (Å²) in [5, 5.41) is 10.6. The van der Waals surface area contributed by atoms with E-state index in [1.54, 1.807) is 17.5 Å². The van der Waals surface area contributed by atoms with Crippen molar-refractivity contribution in [2.75, 3.05) is 4.72 Å². The highest BCUT2D eigenvalue weighted by atomic mass is 32.2. The Morgan fingerprint density at radius 3 is 2.71 bits per heavy atom. The van der Waals surface area contributed by atoms with Crippen LogP contribution in [0.25, 0.3) is 0 Å². The Bertz CT molecular complexity index is 808. The third-order valence-electron chi connectivity index (χ3n) is 3.48. The fraction of sp³-hybridized carbons (Fsp3) is 0.214. The van der Waals surface area contributed by atoms with E-state index < -0.39 is 16.0 Å². The van der Waals surface area contributed by atoms with Crippen molar-refractivity contribution in [2.45, 2.75) is 24.2 Å². The molecule has 1 heterocycles. The first-order valence-corrected chi connectivity index (χ1v) is 8.79. The summed E-state index contributed by atoms with van der Waals surface area (Å²) in [6.45, 7) is 0. The van der Waals surface area contributed by atoms with Crippen molar-refractivity contribution in [1.29, 1.82) is 0 Å². The molecule has 0 saturated carbocycles.